The smallest absolute Gasteiger partial charge is 0.125 e. The molecule has 2 N–H and O–H groups in total. The van der Waals surface area contributed by atoms with E-state index in [4.69, 9.17) is 5.73 Å². The third-order valence-corrected chi connectivity index (χ3v) is 4.15. The molecule has 0 aromatic heterocycles. The van der Waals surface area contributed by atoms with Gasteiger partial charge in [-0.2, -0.15) is 0 Å². The molecule has 1 unspecified atom stereocenters. The molecule has 98 valence electrons. The number of halogens is 1. The Balaban J connectivity index is 1.72. The molecule has 0 aliphatic carbocycles. The quantitative estimate of drug-likeness (QED) is 0.815. The summed E-state index contributed by atoms with van der Waals surface area (Å²) in [4.78, 5) is 4.79. The first-order chi connectivity index (χ1) is 8.74. The first kappa shape index (κ1) is 11.8. The molecular weight excluding hydrogens is 229 g/mol. The summed E-state index contributed by atoms with van der Waals surface area (Å²) >= 11 is 0. The highest BCUT2D eigenvalue weighted by Gasteiger charge is 2.30. The monoisotopic (exact) mass is 249 g/mol. The van der Waals surface area contributed by atoms with Crippen LogP contribution in [0.1, 0.15) is 19.3 Å². The van der Waals surface area contributed by atoms with Crippen LogP contribution in [0.3, 0.4) is 0 Å². The van der Waals surface area contributed by atoms with Crippen molar-refractivity contribution >= 4 is 11.4 Å². The van der Waals surface area contributed by atoms with E-state index in [0.29, 0.717) is 11.7 Å². The number of nitrogen functional groups attached to an aromatic ring is 1. The summed E-state index contributed by atoms with van der Waals surface area (Å²) < 4.78 is 13.3. The minimum atomic E-state index is -0.205. The Kier molecular flexibility index (Phi) is 3.12. The summed E-state index contributed by atoms with van der Waals surface area (Å²) in [6.45, 7) is 4.40. The van der Waals surface area contributed by atoms with Crippen LogP contribution in [0.2, 0.25) is 0 Å². The van der Waals surface area contributed by atoms with E-state index in [2.05, 4.69) is 9.80 Å². The zero-order valence-corrected chi connectivity index (χ0v) is 10.6. The average Bonchev–Trinajstić information content (AvgIpc) is 3.00. The van der Waals surface area contributed by atoms with Gasteiger partial charge in [0.1, 0.15) is 5.82 Å². The topological polar surface area (TPSA) is 32.5 Å². The molecule has 1 atom stereocenters. The molecule has 0 radical (unpaired) electrons. The normalized spacial score (nSPS) is 24.9. The van der Waals surface area contributed by atoms with Crippen LogP contribution in [0, 0.1) is 5.82 Å². The van der Waals surface area contributed by atoms with Gasteiger partial charge in [0.2, 0.25) is 0 Å². The average molecular weight is 249 g/mol. The molecule has 4 heteroatoms. The summed E-state index contributed by atoms with van der Waals surface area (Å²) in [6.07, 6.45) is 3.80. The van der Waals surface area contributed by atoms with Gasteiger partial charge in [0.25, 0.3) is 0 Å². The van der Waals surface area contributed by atoms with Crippen molar-refractivity contribution in [1.29, 1.82) is 0 Å². The Hall–Kier alpha value is -1.29. The lowest BCUT2D eigenvalue weighted by Crippen LogP contribution is -2.35. The van der Waals surface area contributed by atoms with Gasteiger partial charge >= 0.3 is 0 Å². The minimum Gasteiger partial charge on any atom is -0.397 e. The molecule has 1 aromatic carbocycles. The Morgan fingerprint density at radius 3 is 2.72 bits per heavy atom. The van der Waals surface area contributed by atoms with Crippen molar-refractivity contribution < 1.29 is 4.39 Å². The largest absolute Gasteiger partial charge is 0.397 e. The van der Waals surface area contributed by atoms with E-state index in [1.54, 1.807) is 12.1 Å². The minimum absolute atomic E-state index is 0.205. The lowest BCUT2D eigenvalue weighted by Gasteiger charge is -2.25. The van der Waals surface area contributed by atoms with Gasteiger partial charge in [-0.1, -0.05) is 0 Å². The van der Waals surface area contributed by atoms with Crippen molar-refractivity contribution in [2.24, 2.45) is 0 Å². The fraction of sp³-hybridized carbons (Fsp3) is 0.571. The highest BCUT2D eigenvalue weighted by atomic mass is 19.1. The molecule has 2 aliphatic heterocycles. The van der Waals surface area contributed by atoms with Crippen LogP contribution >= 0.6 is 0 Å². The predicted molar refractivity (Wildman–Crippen MR) is 72.2 cm³/mol. The molecule has 0 amide bonds. The third kappa shape index (κ3) is 2.17. The second-order valence-corrected chi connectivity index (χ2v) is 5.33. The van der Waals surface area contributed by atoms with E-state index >= 15 is 0 Å². The second-order valence-electron chi connectivity index (χ2n) is 5.33. The number of likely N-dealkylation sites (tertiary alicyclic amines) is 1. The molecule has 2 saturated heterocycles. The van der Waals surface area contributed by atoms with Gasteiger partial charge in [-0.25, -0.2) is 4.39 Å². The van der Waals surface area contributed by atoms with E-state index in [9.17, 15) is 4.39 Å². The molecule has 0 saturated carbocycles. The lowest BCUT2D eigenvalue weighted by atomic mass is 10.2. The van der Waals surface area contributed by atoms with Crippen LogP contribution in [0.5, 0.6) is 0 Å². The van der Waals surface area contributed by atoms with Crippen molar-refractivity contribution in [3.63, 3.8) is 0 Å². The van der Waals surface area contributed by atoms with Gasteiger partial charge < -0.3 is 10.6 Å². The summed E-state index contributed by atoms with van der Waals surface area (Å²) in [6, 6.07) is 5.26. The maximum absolute atomic E-state index is 13.3. The first-order valence-corrected chi connectivity index (χ1v) is 6.78. The zero-order chi connectivity index (χ0) is 12.5. The fourth-order valence-electron chi connectivity index (χ4n) is 3.16. The van der Waals surface area contributed by atoms with Crippen molar-refractivity contribution in [2.45, 2.75) is 25.3 Å². The molecule has 2 aliphatic rings. The Labute approximate surface area is 107 Å². The molecule has 1 aromatic rings. The number of hydrogen-bond acceptors (Lipinski definition) is 3. The molecular formula is C14H20FN3. The maximum Gasteiger partial charge on any atom is 0.125 e. The van der Waals surface area contributed by atoms with Crippen LogP contribution in [0.4, 0.5) is 15.8 Å². The molecule has 2 fully saturated rings. The molecule has 3 nitrogen and oxygen atoms in total. The summed E-state index contributed by atoms with van der Waals surface area (Å²) in [5.74, 6) is -0.205. The summed E-state index contributed by atoms with van der Waals surface area (Å²) in [5.41, 5.74) is 7.48. The second kappa shape index (κ2) is 4.76. The van der Waals surface area contributed by atoms with Crippen LogP contribution < -0.4 is 10.6 Å². The first-order valence-electron chi connectivity index (χ1n) is 6.78. The Morgan fingerprint density at radius 1 is 1.17 bits per heavy atom. The number of hydrogen-bond donors (Lipinski definition) is 1. The van der Waals surface area contributed by atoms with Gasteiger partial charge in [0, 0.05) is 19.1 Å². The third-order valence-electron chi connectivity index (χ3n) is 4.15. The van der Waals surface area contributed by atoms with E-state index < -0.39 is 0 Å². The molecule has 2 heterocycles. The van der Waals surface area contributed by atoms with Crippen LogP contribution in [-0.4, -0.2) is 37.1 Å². The van der Waals surface area contributed by atoms with Gasteiger partial charge in [-0.05, 0) is 50.6 Å². The van der Waals surface area contributed by atoms with Gasteiger partial charge in [0.05, 0.1) is 11.4 Å². The Morgan fingerprint density at radius 2 is 1.94 bits per heavy atom. The van der Waals surface area contributed by atoms with E-state index in [1.807, 2.05) is 0 Å². The highest BCUT2D eigenvalue weighted by molar-refractivity contribution is 5.68. The molecule has 18 heavy (non-hydrogen) atoms. The standard InChI is InChI=1S/C14H20FN3/c15-11-3-4-13(16)14(9-11)18-8-5-12(10-18)17-6-1-2-7-17/h3-4,9,12H,1-2,5-8,10,16H2. The van der Waals surface area contributed by atoms with Crippen molar-refractivity contribution in [3.8, 4) is 0 Å². The lowest BCUT2D eigenvalue weighted by molar-refractivity contribution is 0.260. The molecule has 0 spiro atoms. The van der Waals surface area contributed by atoms with E-state index in [0.717, 1.165) is 25.2 Å². The number of benzene rings is 1. The summed E-state index contributed by atoms with van der Waals surface area (Å²) in [7, 11) is 0. The van der Waals surface area contributed by atoms with Gasteiger partial charge in [-0.3, -0.25) is 4.90 Å². The fourth-order valence-corrected chi connectivity index (χ4v) is 3.16. The van der Waals surface area contributed by atoms with Gasteiger partial charge in [-0.15, -0.1) is 0 Å². The maximum atomic E-state index is 13.3. The molecule has 3 rings (SSSR count). The number of anilines is 2. The SMILES string of the molecule is Nc1ccc(F)cc1N1CCC(N2CCCC2)C1. The van der Waals surface area contributed by atoms with Gasteiger partial charge in [0.15, 0.2) is 0 Å². The number of nitrogens with zero attached hydrogens (tertiary/aromatic N) is 2. The predicted octanol–water partition coefficient (Wildman–Crippen LogP) is 2.08. The number of nitrogens with two attached hydrogens (primary N) is 1. The van der Waals surface area contributed by atoms with Crippen molar-refractivity contribution in [2.75, 3.05) is 36.8 Å². The van der Waals surface area contributed by atoms with Crippen LogP contribution in [0.25, 0.3) is 0 Å². The molecule has 0 bridgehead atoms. The van der Waals surface area contributed by atoms with Crippen LogP contribution in [0.15, 0.2) is 18.2 Å². The zero-order valence-electron chi connectivity index (χ0n) is 10.6. The van der Waals surface area contributed by atoms with E-state index in [-0.39, 0.29) is 5.82 Å². The van der Waals surface area contributed by atoms with Crippen molar-refractivity contribution in [3.05, 3.63) is 24.0 Å². The summed E-state index contributed by atoms with van der Waals surface area (Å²) in [5, 5.41) is 0. The van der Waals surface area contributed by atoms with Crippen molar-refractivity contribution in [1.82, 2.24) is 4.90 Å². The Bertz CT molecular complexity index is 429. The van der Waals surface area contributed by atoms with Crippen LogP contribution in [-0.2, 0) is 0 Å². The van der Waals surface area contributed by atoms with E-state index in [1.165, 1.54) is 32.0 Å². The number of rotatable bonds is 2. The highest BCUT2D eigenvalue weighted by Crippen LogP contribution is 2.29.